The van der Waals surface area contributed by atoms with Gasteiger partial charge in [-0.15, -0.1) is 0 Å². The van der Waals surface area contributed by atoms with Crippen molar-refractivity contribution in [1.82, 2.24) is 0 Å². The van der Waals surface area contributed by atoms with Gasteiger partial charge in [0.05, 0.1) is 0 Å². The van der Waals surface area contributed by atoms with Crippen LogP contribution in [0.15, 0.2) is 18.2 Å². The van der Waals surface area contributed by atoms with E-state index in [1.807, 2.05) is 13.0 Å². The Kier molecular flexibility index (Phi) is 3.02. The predicted octanol–water partition coefficient (Wildman–Crippen LogP) is 3.50. The standard InChI is InChI=1S/C14H20FN/c1-3-11-6-7-14(16,9-11)12-8-10(2)4-5-13(12)15/h4-5,8,11H,3,6-7,9,16H2,1-2H3. The second-order valence-electron chi connectivity index (χ2n) is 5.16. The van der Waals surface area contributed by atoms with Crippen LogP contribution in [0.3, 0.4) is 0 Å². The van der Waals surface area contributed by atoms with E-state index in [1.165, 1.54) is 0 Å². The van der Waals surface area contributed by atoms with E-state index in [0.29, 0.717) is 11.5 Å². The number of aryl methyl sites for hydroxylation is 1. The van der Waals surface area contributed by atoms with Crippen LogP contribution in [0.4, 0.5) is 4.39 Å². The van der Waals surface area contributed by atoms with E-state index in [1.54, 1.807) is 12.1 Å². The summed E-state index contributed by atoms with van der Waals surface area (Å²) in [6.07, 6.45) is 4.10. The molecule has 1 saturated carbocycles. The molecule has 88 valence electrons. The van der Waals surface area contributed by atoms with Crippen LogP contribution in [0, 0.1) is 18.7 Å². The average molecular weight is 221 g/mol. The maximum absolute atomic E-state index is 13.8. The Morgan fingerprint density at radius 1 is 1.50 bits per heavy atom. The van der Waals surface area contributed by atoms with Crippen LogP contribution in [0.1, 0.15) is 43.7 Å². The summed E-state index contributed by atoms with van der Waals surface area (Å²) in [5.41, 5.74) is 7.74. The molecular formula is C14H20FN. The number of nitrogens with two attached hydrogens (primary N) is 1. The maximum atomic E-state index is 13.8. The summed E-state index contributed by atoms with van der Waals surface area (Å²) in [6.45, 7) is 4.17. The largest absolute Gasteiger partial charge is 0.321 e. The van der Waals surface area contributed by atoms with Crippen LogP contribution in [-0.4, -0.2) is 0 Å². The molecule has 2 rings (SSSR count). The van der Waals surface area contributed by atoms with E-state index < -0.39 is 5.54 Å². The lowest BCUT2D eigenvalue weighted by molar-refractivity contribution is 0.405. The molecule has 0 aromatic heterocycles. The van der Waals surface area contributed by atoms with Gasteiger partial charge in [-0.05, 0) is 38.2 Å². The van der Waals surface area contributed by atoms with Crippen LogP contribution in [0.5, 0.6) is 0 Å². The summed E-state index contributed by atoms with van der Waals surface area (Å²) in [7, 11) is 0. The van der Waals surface area contributed by atoms with E-state index in [2.05, 4.69) is 6.92 Å². The topological polar surface area (TPSA) is 26.0 Å². The zero-order chi connectivity index (χ0) is 11.8. The molecule has 0 heterocycles. The number of hydrogen-bond donors (Lipinski definition) is 1. The van der Waals surface area contributed by atoms with Gasteiger partial charge < -0.3 is 5.73 Å². The lowest BCUT2D eigenvalue weighted by Crippen LogP contribution is -2.34. The van der Waals surface area contributed by atoms with Crippen molar-refractivity contribution in [3.05, 3.63) is 35.1 Å². The number of rotatable bonds is 2. The first-order valence-electron chi connectivity index (χ1n) is 6.10. The van der Waals surface area contributed by atoms with Gasteiger partial charge in [0.2, 0.25) is 0 Å². The second kappa shape index (κ2) is 4.17. The van der Waals surface area contributed by atoms with Crippen LogP contribution in [-0.2, 0) is 5.54 Å². The summed E-state index contributed by atoms with van der Waals surface area (Å²) in [6, 6.07) is 5.25. The second-order valence-corrected chi connectivity index (χ2v) is 5.16. The molecule has 2 atom stereocenters. The van der Waals surface area contributed by atoms with Crippen LogP contribution in [0.25, 0.3) is 0 Å². The van der Waals surface area contributed by atoms with Crippen molar-refractivity contribution in [2.24, 2.45) is 11.7 Å². The lowest BCUT2D eigenvalue weighted by atomic mass is 9.87. The summed E-state index contributed by atoms with van der Waals surface area (Å²) >= 11 is 0. The van der Waals surface area contributed by atoms with E-state index in [9.17, 15) is 4.39 Å². The zero-order valence-electron chi connectivity index (χ0n) is 10.1. The van der Waals surface area contributed by atoms with Gasteiger partial charge in [0.25, 0.3) is 0 Å². The van der Waals surface area contributed by atoms with E-state index >= 15 is 0 Å². The molecule has 1 fully saturated rings. The van der Waals surface area contributed by atoms with E-state index in [-0.39, 0.29) is 5.82 Å². The number of benzene rings is 1. The third-order valence-electron chi connectivity index (χ3n) is 3.89. The molecular weight excluding hydrogens is 201 g/mol. The molecule has 2 heteroatoms. The highest BCUT2D eigenvalue weighted by Gasteiger charge is 2.38. The fourth-order valence-corrected chi connectivity index (χ4v) is 2.79. The normalized spacial score (nSPS) is 29.6. The maximum Gasteiger partial charge on any atom is 0.128 e. The Bertz CT molecular complexity index is 388. The molecule has 1 aromatic rings. The molecule has 1 nitrogen and oxygen atoms in total. The fourth-order valence-electron chi connectivity index (χ4n) is 2.79. The summed E-state index contributed by atoms with van der Waals surface area (Å²) in [4.78, 5) is 0. The summed E-state index contributed by atoms with van der Waals surface area (Å²) in [5.74, 6) is 0.509. The van der Waals surface area contributed by atoms with Gasteiger partial charge in [-0.1, -0.05) is 31.0 Å². The molecule has 0 bridgehead atoms. The summed E-state index contributed by atoms with van der Waals surface area (Å²) in [5, 5.41) is 0. The van der Waals surface area contributed by atoms with Gasteiger partial charge in [-0.2, -0.15) is 0 Å². The minimum atomic E-state index is -0.434. The Morgan fingerprint density at radius 2 is 2.25 bits per heavy atom. The van der Waals surface area contributed by atoms with Crippen molar-refractivity contribution >= 4 is 0 Å². The van der Waals surface area contributed by atoms with Gasteiger partial charge >= 0.3 is 0 Å². The van der Waals surface area contributed by atoms with Gasteiger partial charge in [-0.3, -0.25) is 0 Å². The highest BCUT2D eigenvalue weighted by atomic mass is 19.1. The molecule has 16 heavy (non-hydrogen) atoms. The third kappa shape index (κ3) is 1.99. The molecule has 1 aromatic carbocycles. The van der Waals surface area contributed by atoms with Gasteiger partial charge in [0.15, 0.2) is 0 Å². The average Bonchev–Trinajstić information content (AvgIpc) is 2.65. The van der Waals surface area contributed by atoms with Crippen molar-refractivity contribution in [1.29, 1.82) is 0 Å². The van der Waals surface area contributed by atoms with Crippen molar-refractivity contribution < 1.29 is 4.39 Å². The number of halogens is 1. The summed E-state index contributed by atoms with van der Waals surface area (Å²) < 4.78 is 13.8. The lowest BCUT2D eigenvalue weighted by Gasteiger charge is -2.25. The van der Waals surface area contributed by atoms with Crippen molar-refractivity contribution in [2.45, 2.75) is 45.1 Å². The van der Waals surface area contributed by atoms with E-state index in [4.69, 9.17) is 5.73 Å². The predicted molar refractivity (Wildman–Crippen MR) is 64.6 cm³/mol. The monoisotopic (exact) mass is 221 g/mol. The molecule has 0 spiro atoms. The molecule has 0 radical (unpaired) electrons. The number of hydrogen-bond acceptors (Lipinski definition) is 1. The molecule has 0 saturated heterocycles. The highest BCUT2D eigenvalue weighted by molar-refractivity contribution is 5.31. The third-order valence-corrected chi connectivity index (χ3v) is 3.89. The first-order chi connectivity index (χ1) is 7.55. The minimum absolute atomic E-state index is 0.148. The molecule has 0 aliphatic heterocycles. The van der Waals surface area contributed by atoms with Crippen LogP contribution >= 0.6 is 0 Å². The van der Waals surface area contributed by atoms with Crippen molar-refractivity contribution in [2.75, 3.05) is 0 Å². The molecule has 1 aliphatic carbocycles. The Labute approximate surface area is 96.9 Å². The first kappa shape index (κ1) is 11.6. The fraction of sp³-hybridized carbons (Fsp3) is 0.571. The Hall–Kier alpha value is -0.890. The van der Waals surface area contributed by atoms with Crippen molar-refractivity contribution in [3.8, 4) is 0 Å². The minimum Gasteiger partial charge on any atom is -0.321 e. The quantitative estimate of drug-likeness (QED) is 0.812. The van der Waals surface area contributed by atoms with Crippen molar-refractivity contribution in [3.63, 3.8) is 0 Å². The zero-order valence-corrected chi connectivity index (χ0v) is 10.1. The molecule has 2 unspecified atom stereocenters. The highest BCUT2D eigenvalue weighted by Crippen LogP contribution is 2.42. The molecule has 0 amide bonds. The van der Waals surface area contributed by atoms with E-state index in [0.717, 1.165) is 31.2 Å². The Morgan fingerprint density at radius 3 is 2.88 bits per heavy atom. The molecule has 1 aliphatic rings. The smallest absolute Gasteiger partial charge is 0.128 e. The van der Waals surface area contributed by atoms with Gasteiger partial charge in [-0.25, -0.2) is 4.39 Å². The van der Waals surface area contributed by atoms with Gasteiger partial charge in [0.1, 0.15) is 5.82 Å². The molecule has 2 N–H and O–H groups in total. The first-order valence-corrected chi connectivity index (χ1v) is 6.10. The van der Waals surface area contributed by atoms with Crippen LogP contribution in [0.2, 0.25) is 0 Å². The SMILES string of the molecule is CCC1CCC(N)(c2cc(C)ccc2F)C1. The van der Waals surface area contributed by atoms with Gasteiger partial charge in [0, 0.05) is 11.1 Å². The van der Waals surface area contributed by atoms with Crippen LogP contribution < -0.4 is 5.73 Å². The Balaban J connectivity index is 2.33.